The van der Waals surface area contributed by atoms with Gasteiger partial charge in [-0.1, -0.05) is 59.7 Å². The van der Waals surface area contributed by atoms with E-state index in [2.05, 4.69) is 36.5 Å². The van der Waals surface area contributed by atoms with Gasteiger partial charge in [-0.25, -0.2) is 8.42 Å². The molecule has 0 aliphatic rings. The van der Waals surface area contributed by atoms with Crippen LogP contribution in [0, 0.1) is 13.8 Å². The van der Waals surface area contributed by atoms with Crippen molar-refractivity contribution in [1.29, 1.82) is 0 Å². The lowest BCUT2D eigenvalue weighted by molar-refractivity contribution is 0.0957. The first-order valence-corrected chi connectivity index (χ1v) is 12.9. The van der Waals surface area contributed by atoms with Gasteiger partial charge >= 0.3 is 0 Å². The fraction of sp³-hybridized carbons (Fsp3) is 0.240. The Hall–Kier alpha value is -2.77. The van der Waals surface area contributed by atoms with Gasteiger partial charge in [0, 0.05) is 25.1 Å². The van der Waals surface area contributed by atoms with Gasteiger partial charge in [-0.3, -0.25) is 9.10 Å². The summed E-state index contributed by atoms with van der Waals surface area (Å²) in [6.07, 6.45) is 0. The Labute approximate surface area is 194 Å². The molecule has 0 radical (unpaired) electrons. The minimum atomic E-state index is -3.78. The van der Waals surface area contributed by atoms with Crippen LogP contribution in [0.25, 0.3) is 0 Å². The molecule has 168 valence electrons. The van der Waals surface area contributed by atoms with Crippen molar-refractivity contribution in [2.45, 2.75) is 24.5 Å². The first-order chi connectivity index (χ1) is 15.3. The summed E-state index contributed by atoms with van der Waals surface area (Å²) >= 11 is 1.74. The maximum absolute atomic E-state index is 13.1. The lowest BCUT2D eigenvalue weighted by Crippen LogP contribution is -2.31. The van der Waals surface area contributed by atoms with Crippen molar-refractivity contribution in [1.82, 2.24) is 5.32 Å². The molecule has 0 spiro atoms. The Kier molecular flexibility index (Phi) is 7.99. The van der Waals surface area contributed by atoms with Gasteiger partial charge in [-0.2, -0.15) is 11.8 Å². The molecule has 0 aliphatic heterocycles. The molecule has 0 fully saturated rings. The van der Waals surface area contributed by atoms with Gasteiger partial charge in [0.15, 0.2) is 0 Å². The summed E-state index contributed by atoms with van der Waals surface area (Å²) in [4.78, 5) is 13.0. The topological polar surface area (TPSA) is 66.5 Å². The summed E-state index contributed by atoms with van der Waals surface area (Å²) < 4.78 is 27.3. The summed E-state index contributed by atoms with van der Waals surface area (Å²) in [5, 5.41) is 2.91. The maximum Gasteiger partial charge on any atom is 0.264 e. The SMILES string of the molecule is Cc1ccc(CSCCNC(=O)c2ccccc2N(C)S(=O)(=O)c2ccc(C)cc2)cc1. The van der Waals surface area contributed by atoms with E-state index in [-0.39, 0.29) is 10.8 Å². The number of carbonyl (C=O) groups excluding carboxylic acids is 1. The smallest absolute Gasteiger partial charge is 0.264 e. The molecule has 0 unspecified atom stereocenters. The number of thioether (sulfide) groups is 1. The van der Waals surface area contributed by atoms with Gasteiger partial charge in [0.1, 0.15) is 0 Å². The average molecular weight is 469 g/mol. The molecule has 0 saturated heterocycles. The fourth-order valence-electron chi connectivity index (χ4n) is 3.14. The molecular weight excluding hydrogens is 440 g/mol. The van der Waals surface area contributed by atoms with Gasteiger partial charge < -0.3 is 5.32 Å². The molecule has 3 aromatic carbocycles. The lowest BCUT2D eigenvalue weighted by atomic mass is 10.1. The van der Waals surface area contributed by atoms with E-state index in [1.807, 2.05) is 6.92 Å². The Morgan fingerprint density at radius 1 is 0.906 bits per heavy atom. The number of carbonyl (C=O) groups is 1. The molecule has 0 bridgehead atoms. The van der Waals surface area contributed by atoms with Crippen LogP contribution in [-0.4, -0.2) is 33.7 Å². The third-order valence-corrected chi connectivity index (χ3v) is 7.90. The zero-order valence-electron chi connectivity index (χ0n) is 18.5. The van der Waals surface area contributed by atoms with Crippen molar-refractivity contribution in [2.75, 3.05) is 23.7 Å². The summed E-state index contributed by atoms with van der Waals surface area (Å²) in [7, 11) is -2.31. The Balaban J connectivity index is 1.63. The largest absolute Gasteiger partial charge is 0.351 e. The zero-order chi connectivity index (χ0) is 23.1. The van der Waals surface area contributed by atoms with E-state index in [1.54, 1.807) is 60.3 Å². The number of sulfonamides is 1. The van der Waals surface area contributed by atoms with Gasteiger partial charge in [-0.15, -0.1) is 0 Å². The lowest BCUT2D eigenvalue weighted by Gasteiger charge is -2.22. The number of hydrogen-bond donors (Lipinski definition) is 1. The number of nitrogens with one attached hydrogen (secondary N) is 1. The summed E-state index contributed by atoms with van der Waals surface area (Å²) in [6.45, 7) is 4.46. The zero-order valence-corrected chi connectivity index (χ0v) is 20.2. The van der Waals surface area contributed by atoms with E-state index in [4.69, 9.17) is 0 Å². The predicted octanol–water partition coefficient (Wildman–Crippen LogP) is 4.79. The quantitative estimate of drug-likeness (QED) is 0.459. The first-order valence-electron chi connectivity index (χ1n) is 10.3. The highest BCUT2D eigenvalue weighted by Gasteiger charge is 2.24. The van der Waals surface area contributed by atoms with Crippen LogP contribution in [-0.2, 0) is 15.8 Å². The second kappa shape index (κ2) is 10.7. The number of amides is 1. The Morgan fingerprint density at radius 3 is 2.16 bits per heavy atom. The van der Waals surface area contributed by atoms with Crippen LogP contribution in [0.4, 0.5) is 5.69 Å². The molecule has 3 rings (SSSR count). The normalized spacial score (nSPS) is 11.2. The van der Waals surface area contributed by atoms with E-state index in [0.29, 0.717) is 17.8 Å². The third-order valence-electron chi connectivity index (χ3n) is 5.09. The fourth-order valence-corrected chi connectivity index (χ4v) is 5.18. The first kappa shape index (κ1) is 23.9. The molecule has 0 aromatic heterocycles. The van der Waals surface area contributed by atoms with E-state index in [0.717, 1.165) is 17.1 Å². The Morgan fingerprint density at radius 2 is 1.50 bits per heavy atom. The molecule has 7 heteroatoms. The maximum atomic E-state index is 13.1. The molecule has 3 aromatic rings. The molecule has 0 atom stereocenters. The van der Waals surface area contributed by atoms with Gasteiger partial charge in [0.05, 0.1) is 16.1 Å². The van der Waals surface area contributed by atoms with Crippen molar-refractivity contribution in [3.05, 3.63) is 95.1 Å². The summed E-state index contributed by atoms with van der Waals surface area (Å²) in [6, 6.07) is 21.8. The van der Waals surface area contributed by atoms with E-state index >= 15 is 0 Å². The van der Waals surface area contributed by atoms with Crippen LogP contribution in [0.2, 0.25) is 0 Å². The number of benzene rings is 3. The van der Waals surface area contributed by atoms with Crippen molar-refractivity contribution < 1.29 is 13.2 Å². The van der Waals surface area contributed by atoms with E-state index in [9.17, 15) is 13.2 Å². The highest BCUT2D eigenvalue weighted by molar-refractivity contribution is 7.98. The molecular formula is C25H28N2O3S2. The average Bonchev–Trinajstić information content (AvgIpc) is 2.79. The van der Waals surface area contributed by atoms with Crippen LogP contribution in [0.1, 0.15) is 27.0 Å². The minimum Gasteiger partial charge on any atom is -0.351 e. The highest BCUT2D eigenvalue weighted by Crippen LogP contribution is 2.26. The number of hydrogen-bond acceptors (Lipinski definition) is 4. The van der Waals surface area contributed by atoms with Crippen LogP contribution < -0.4 is 9.62 Å². The van der Waals surface area contributed by atoms with Crippen LogP contribution in [0.5, 0.6) is 0 Å². The van der Waals surface area contributed by atoms with Crippen molar-refractivity contribution in [3.8, 4) is 0 Å². The second-order valence-corrected chi connectivity index (χ2v) is 10.7. The predicted molar refractivity (Wildman–Crippen MR) is 133 cm³/mol. The van der Waals surface area contributed by atoms with Gasteiger partial charge in [0.2, 0.25) is 0 Å². The van der Waals surface area contributed by atoms with E-state index in [1.165, 1.54) is 22.5 Å². The van der Waals surface area contributed by atoms with Crippen molar-refractivity contribution in [2.24, 2.45) is 0 Å². The minimum absolute atomic E-state index is 0.188. The van der Waals surface area contributed by atoms with Crippen molar-refractivity contribution >= 4 is 33.4 Å². The monoisotopic (exact) mass is 468 g/mol. The number of aryl methyl sites for hydroxylation is 2. The third kappa shape index (κ3) is 5.93. The van der Waals surface area contributed by atoms with Crippen LogP contribution >= 0.6 is 11.8 Å². The highest BCUT2D eigenvalue weighted by atomic mass is 32.2. The van der Waals surface area contributed by atoms with E-state index < -0.39 is 10.0 Å². The van der Waals surface area contributed by atoms with Crippen LogP contribution in [0.15, 0.2) is 77.7 Å². The Bertz CT molecular complexity index is 1160. The molecule has 0 aliphatic carbocycles. The summed E-state index contributed by atoms with van der Waals surface area (Å²) in [5.74, 6) is 1.35. The van der Waals surface area contributed by atoms with Gasteiger partial charge in [-0.05, 0) is 43.7 Å². The molecule has 1 amide bonds. The molecule has 0 saturated carbocycles. The number of anilines is 1. The number of rotatable bonds is 9. The molecule has 1 N–H and O–H groups in total. The van der Waals surface area contributed by atoms with Gasteiger partial charge in [0.25, 0.3) is 15.9 Å². The molecule has 0 heterocycles. The standard InChI is InChI=1S/C25H28N2O3S2/c1-19-8-12-21(13-9-19)18-31-17-16-26-25(28)23-6-4-5-7-24(23)27(3)32(29,30)22-14-10-20(2)11-15-22/h4-15H,16-18H2,1-3H3,(H,26,28). The molecule has 32 heavy (non-hydrogen) atoms. The number of para-hydroxylation sites is 1. The number of nitrogens with zero attached hydrogens (tertiary/aromatic N) is 1. The van der Waals surface area contributed by atoms with Crippen LogP contribution in [0.3, 0.4) is 0 Å². The van der Waals surface area contributed by atoms with Crippen molar-refractivity contribution in [3.63, 3.8) is 0 Å². The molecule has 5 nitrogen and oxygen atoms in total. The second-order valence-electron chi connectivity index (χ2n) is 7.60. The summed E-state index contributed by atoms with van der Waals surface area (Å²) in [5.41, 5.74) is 4.14.